The number of carbonyl (C=O) groups excluding carboxylic acids is 3. The van der Waals surface area contributed by atoms with Crippen molar-refractivity contribution in [1.29, 1.82) is 0 Å². The van der Waals surface area contributed by atoms with E-state index in [0.29, 0.717) is 23.4 Å². The summed E-state index contributed by atoms with van der Waals surface area (Å²) in [4.78, 5) is 44.7. The lowest BCUT2D eigenvalue weighted by Gasteiger charge is -2.28. The van der Waals surface area contributed by atoms with Gasteiger partial charge in [0.25, 0.3) is 5.91 Å². The Hall–Kier alpha value is -3.16. The molecule has 2 aromatic rings. The molecule has 3 amide bonds. The summed E-state index contributed by atoms with van der Waals surface area (Å²) in [5, 5.41) is 3.15. The third-order valence-electron chi connectivity index (χ3n) is 7.23. The summed E-state index contributed by atoms with van der Waals surface area (Å²) < 4.78 is 13.5. The molecule has 0 spiro atoms. The molecule has 0 bridgehead atoms. The van der Waals surface area contributed by atoms with Crippen molar-refractivity contribution in [2.24, 2.45) is 5.92 Å². The van der Waals surface area contributed by atoms with Gasteiger partial charge in [-0.3, -0.25) is 14.4 Å². The van der Waals surface area contributed by atoms with Crippen LogP contribution in [-0.4, -0.2) is 46.7 Å². The highest BCUT2D eigenvalue weighted by Gasteiger charge is 2.34. The molecule has 2 aliphatic heterocycles. The number of amides is 3. The highest BCUT2D eigenvalue weighted by molar-refractivity contribution is 6.01. The van der Waals surface area contributed by atoms with E-state index in [1.54, 1.807) is 11.0 Å². The van der Waals surface area contributed by atoms with Crippen molar-refractivity contribution in [1.82, 2.24) is 15.2 Å². The molecule has 2 fully saturated rings. The number of fused-ring (bicyclic) bond motifs is 1. The Morgan fingerprint density at radius 3 is 2.58 bits per heavy atom. The number of nitrogens with zero attached hydrogens (tertiary/aromatic N) is 2. The van der Waals surface area contributed by atoms with Crippen LogP contribution in [0.25, 0.3) is 0 Å². The molecule has 0 atom stereocenters. The molecule has 1 saturated carbocycles. The van der Waals surface area contributed by atoms with Gasteiger partial charge in [0.05, 0.1) is 18.5 Å². The van der Waals surface area contributed by atoms with Gasteiger partial charge in [0.15, 0.2) is 0 Å². The van der Waals surface area contributed by atoms with E-state index in [4.69, 9.17) is 0 Å². The van der Waals surface area contributed by atoms with Gasteiger partial charge in [0.2, 0.25) is 11.8 Å². The van der Waals surface area contributed by atoms with Crippen molar-refractivity contribution >= 4 is 23.4 Å². The van der Waals surface area contributed by atoms with Crippen LogP contribution in [0.1, 0.15) is 58.6 Å². The molecule has 174 valence electrons. The van der Waals surface area contributed by atoms with E-state index in [9.17, 15) is 18.8 Å². The summed E-state index contributed by atoms with van der Waals surface area (Å²) in [5.74, 6) is -0.192. The minimum Gasteiger partial charge on any atom is -0.360 e. The predicted octanol–water partition coefficient (Wildman–Crippen LogP) is 2.99. The van der Waals surface area contributed by atoms with E-state index in [1.165, 1.54) is 12.1 Å². The van der Waals surface area contributed by atoms with Gasteiger partial charge in [-0.25, -0.2) is 4.39 Å². The van der Waals surface area contributed by atoms with Crippen LogP contribution >= 0.6 is 0 Å². The van der Waals surface area contributed by atoms with Gasteiger partial charge >= 0.3 is 0 Å². The summed E-state index contributed by atoms with van der Waals surface area (Å²) in [6, 6.07) is 4.47. The van der Waals surface area contributed by atoms with Crippen LogP contribution in [0.4, 0.5) is 10.1 Å². The molecule has 7 nitrogen and oxygen atoms in total. The van der Waals surface area contributed by atoms with Crippen LogP contribution in [0.15, 0.2) is 18.2 Å². The molecular weight excluding hydrogens is 423 g/mol. The summed E-state index contributed by atoms with van der Waals surface area (Å²) >= 11 is 0. The van der Waals surface area contributed by atoms with E-state index < -0.39 is 0 Å². The number of hydrogen-bond donors (Lipinski definition) is 2. The lowest BCUT2D eigenvalue weighted by Crippen LogP contribution is -2.39. The van der Waals surface area contributed by atoms with Crippen molar-refractivity contribution in [3.63, 3.8) is 0 Å². The molecule has 0 unspecified atom stereocenters. The van der Waals surface area contributed by atoms with E-state index in [2.05, 4.69) is 10.3 Å². The first-order valence-corrected chi connectivity index (χ1v) is 11.7. The van der Waals surface area contributed by atoms with E-state index in [0.717, 1.165) is 55.7 Å². The molecule has 33 heavy (non-hydrogen) atoms. The number of halogens is 1. The number of aryl methyl sites for hydroxylation is 1. The predicted molar refractivity (Wildman–Crippen MR) is 121 cm³/mol. The molecule has 5 rings (SSSR count). The SMILES string of the molecule is Cc1[nH]c(CN2C(=O)Cc3cc(F)ccc32)c(C)c1C(=O)NC1CCC(C(=O)N2CC2)CC1. The Kier molecular flexibility index (Phi) is 5.46. The molecule has 1 aromatic carbocycles. The Morgan fingerprint density at radius 1 is 1.15 bits per heavy atom. The molecule has 1 aromatic heterocycles. The quantitative estimate of drug-likeness (QED) is 0.684. The number of H-pyrrole nitrogens is 1. The van der Waals surface area contributed by atoms with Crippen molar-refractivity contribution in [3.8, 4) is 0 Å². The first-order valence-electron chi connectivity index (χ1n) is 11.7. The zero-order valence-electron chi connectivity index (χ0n) is 19.0. The highest BCUT2D eigenvalue weighted by Crippen LogP contribution is 2.32. The zero-order chi connectivity index (χ0) is 23.3. The number of carbonyl (C=O) groups is 3. The largest absolute Gasteiger partial charge is 0.360 e. The van der Waals surface area contributed by atoms with Crippen molar-refractivity contribution in [2.75, 3.05) is 18.0 Å². The fraction of sp³-hybridized carbons (Fsp3) is 0.480. The van der Waals surface area contributed by atoms with Gasteiger partial charge in [0, 0.05) is 42.1 Å². The minimum atomic E-state index is -0.349. The Bertz CT molecular complexity index is 1130. The number of benzene rings is 1. The fourth-order valence-corrected chi connectivity index (χ4v) is 5.27. The zero-order valence-corrected chi connectivity index (χ0v) is 19.0. The Morgan fingerprint density at radius 2 is 1.88 bits per heavy atom. The average molecular weight is 453 g/mol. The summed E-state index contributed by atoms with van der Waals surface area (Å²) in [6.07, 6.45) is 3.42. The van der Waals surface area contributed by atoms with E-state index >= 15 is 0 Å². The lowest BCUT2D eigenvalue weighted by atomic mass is 9.85. The van der Waals surface area contributed by atoms with Gasteiger partial charge < -0.3 is 20.1 Å². The van der Waals surface area contributed by atoms with Gasteiger partial charge in [-0.2, -0.15) is 0 Å². The second-order valence-corrected chi connectivity index (χ2v) is 9.51. The number of rotatable bonds is 5. The number of aromatic nitrogens is 1. The number of anilines is 1. The van der Waals surface area contributed by atoms with Crippen molar-refractivity contribution in [3.05, 3.63) is 52.1 Å². The number of hydrogen-bond acceptors (Lipinski definition) is 3. The topological polar surface area (TPSA) is 85.3 Å². The van der Waals surface area contributed by atoms with E-state index in [1.807, 2.05) is 18.7 Å². The molecule has 1 aliphatic carbocycles. The summed E-state index contributed by atoms with van der Waals surface area (Å²) in [5.41, 5.74) is 4.39. The van der Waals surface area contributed by atoms with Crippen LogP contribution in [0.5, 0.6) is 0 Å². The normalized spacial score (nSPS) is 21.8. The molecule has 8 heteroatoms. The van der Waals surface area contributed by atoms with Crippen molar-refractivity contribution < 1.29 is 18.8 Å². The standard InChI is InChI=1S/C25H29FN4O3/c1-14-20(13-30-21-8-5-18(26)11-17(21)12-22(30)31)27-15(2)23(14)24(32)28-19-6-3-16(4-7-19)25(33)29-9-10-29/h5,8,11,16,19,27H,3-4,6-7,9-10,12-13H2,1-2H3,(H,28,32). The summed E-state index contributed by atoms with van der Waals surface area (Å²) in [7, 11) is 0. The molecular formula is C25H29FN4O3. The Labute approximate surface area is 192 Å². The second-order valence-electron chi connectivity index (χ2n) is 9.51. The van der Waals surface area contributed by atoms with E-state index in [-0.39, 0.29) is 41.9 Å². The monoisotopic (exact) mass is 452 g/mol. The third kappa shape index (κ3) is 4.14. The number of nitrogens with one attached hydrogen (secondary N) is 2. The fourth-order valence-electron chi connectivity index (χ4n) is 5.27. The molecule has 3 aliphatic rings. The summed E-state index contributed by atoms with van der Waals surface area (Å²) in [6.45, 7) is 5.82. The lowest BCUT2D eigenvalue weighted by molar-refractivity contribution is -0.130. The maximum atomic E-state index is 13.5. The molecule has 2 N–H and O–H groups in total. The average Bonchev–Trinajstić information content (AvgIpc) is 3.53. The molecule has 3 heterocycles. The van der Waals surface area contributed by atoms with Gasteiger partial charge in [-0.15, -0.1) is 0 Å². The first-order chi connectivity index (χ1) is 15.8. The van der Waals surface area contributed by atoms with Gasteiger partial charge in [-0.05, 0) is 68.9 Å². The van der Waals surface area contributed by atoms with Crippen LogP contribution in [0.3, 0.4) is 0 Å². The van der Waals surface area contributed by atoms with Crippen LogP contribution < -0.4 is 10.2 Å². The Balaban J connectivity index is 1.25. The molecule has 0 radical (unpaired) electrons. The smallest absolute Gasteiger partial charge is 0.253 e. The van der Waals surface area contributed by atoms with Crippen LogP contribution in [0.2, 0.25) is 0 Å². The number of aromatic amines is 1. The third-order valence-corrected chi connectivity index (χ3v) is 7.23. The van der Waals surface area contributed by atoms with Gasteiger partial charge in [-0.1, -0.05) is 0 Å². The van der Waals surface area contributed by atoms with Crippen molar-refractivity contribution in [2.45, 2.75) is 58.5 Å². The van der Waals surface area contributed by atoms with Gasteiger partial charge in [0.1, 0.15) is 5.82 Å². The maximum absolute atomic E-state index is 13.5. The second kappa shape index (κ2) is 8.32. The first kappa shape index (κ1) is 21.7. The molecule has 1 saturated heterocycles. The van der Waals surface area contributed by atoms with Crippen LogP contribution in [0, 0.1) is 25.6 Å². The maximum Gasteiger partial charge on any atom is 0.253 e. The minimum absolute atomic E-state index is 0.0647. The van der Waals surface area contributed by atoms with Crippen LogP contribution in [-0.2, 0) is 22.6 Å². The highest BCUT2D eigenvalue weighted by atomic mass is 19.1.